The summed E-state index contributed by atoms with van der Waals surface area (Å²) in [6.45, 7) is 6.88. The summed E-state index contributed by atoms with van der Waals surface area (Å²) in [4.78, 5) is 13.7. The van der Waals surface area contributed by atoms with Gasteiger partial charge in [0.2, 0.25) is 5.91 Å². The number of likely N-dealkylation sites (N-methyl/N-ethyl adjacent to an activating group) is 1. The topological polar surface area (TPSA) is 41.6 Å². The number of hydrogen-bond donors (Lipinski definition) is 1. The Hall–Kier alpha value is -1.55. The number of amides is 1. The predicted octanol–water partition coefficient (Wildman–Crippen LogP) is 1.36. The van der Waals surface area contributed by atoms with Gasteiger partial charge >= 0.3 is 0 Å². The third-order valence-corrected chi connectivity index (χ3v) is 3.40. The molecule has 0 spiro atoms. The van der Waals surface area contributed by atoms with Crippen LogP contribution in [0.25, 0.3) is 0 Å². The molecule has 2 rings (SSSR count). The van der Waals surface area contributed by atoms with E-state index >= 15 is 0 Å². The molecular formula is C15H22N2O2. The number of aryl methyl sites for hydroxylation is 2. The maximum atomic E-state index is 11.9. The minimum absolute atomic E-state index is 0.159. The molecule has 1 aliphatic rings. The van der Waals surface area contributed by atoms with E-state index in [9.17, 15) is 4.79 Å². The van der Waals surface area contributed by atoms with E-state index in [4.69, 9.17) is 4.74 Å². The lowest BCUT2D eigenvalue weighted by Gasteiger charge is -2.30. The SMILES string of the molecule is Cc1cc(C)cc(OCCN(C)C(=O)C2CNC2)c1. The number of carbonyl (C=O) groups is 1. The van der Waals surface area contributed by atoms with E-state index in [-0.39, 0.29) is 11.8 Å². The zero-order valence-corrected chi connectivity index (χ0v) is 11.9. The summed E-state index contributed by atoms with van der Waals surface area (Å²) in [6, 6.07) is 6.15. The van der Waals surface area contributed by atoms with Gasteiger partial charge in [0.05, 0.1) is 12.5 Å². The molecule has 104 valence electrons. The van der Waals surface area contributed by atoms with Crippen molar-refractivity contribution in [2.24, 2.45) is 5.92 Å². The van der Waals surface area contributed by atoms with Gasteiger partial charge in [-0.3, -0.25) is 4.79 Å². The zero-order valence-electron chi connectivity index (χ0n) is 11.9. The Labute approximate surface area is 114 Å². The zero-order chi connectivity index (χ0) is 13.8. The fourth-order valence-electron chi connectivity index (χ4n) is 2.20. The van der Waals surface area contributed by atoms with E-state index in [1.807, 2.05) is 19.2 Å². The molecule has 0 bridgehead atoms. The van der Waals surface area contributed by atoms with Gasteiger partial charge in [0, 0.05) is 20.1 Å². The van der Waals surface area contributed by atoms with Crippen molar-refractivity contribution in [1.29, 1.82) is 0 Å². The van der Waals surface area contributed by atoms with Gasteiger partial charge in [-0.15, -0.1) is 0 Å². The quantitative estimate of drug-likeness (QED) is 0.871. The Morgan fingerprint density at radius 3 is 2.47 bits per heavy atom. The smallest absolute Gasteiger partial charge is 0.228 e. The lowest BCUT2D eigenvalue weighted by Crippen LogP contribution is -2.51. The molecule has 0 aliphatic carbocycles. The molecule has 1 fully saturated rings. The molecule has 1 N–H and O–H groups in total. The predicted molar refractivity (Wildman–Crippen MR) is 75.4 cm³/mol. The van der Waals surface area contributed by atoms with E-state index in [1.54, 1.807) is 4.90 Å². The van der Waals surface area contributed by atoms with E-state index in [2.05, 4.69) is 25.2 Å². The highest BCUT2D eigenvalue weighted by Crippen LogP contribution is 2.16. The Balaban J connectivity index is 1.77. The molecule has 1 aromatic rings. The first-order chi connectivity index (χ1) is 9.06. The highest BCUT2D eigenvalue weighted by Gasteiger charge is 2.27. The molecule has 0 aromatic heterocycles. The van der Waals surface area contributed by atoms with Gasteiger partial charge in [-0.1, -0.05) is 6.07 Å². The average Bonchev–Trinajstić information content (AvgIpc) is 2.25. The van der Waals surface area contributed by atoms with Crippen LogP contribution < -0.4 is 10.1 Å². The van der Waals surface area contributed by atoms with Crippen LogP contribution in [-0.2, 0) is 4.79 Å². The summed E-state index contributed by atoms with van der Waals surface area (Å²) in [5.41, 5.74) is 2.39. The third kappa shape index (κ3) is 3.70. The first kappa shape index (κ1) is 13.9. The number of benzene rings is 1. The van der Waals surface area contributed by atoms with E-state index in [0.717, 1.165) is 18.8 Å². The molecule has 0 radical (unpaired) electrons. The van der Waals surface area contributed by atoms with Crippen molar-refractivity contribution in [2.75, 3.05) is 33.3 Å². The maximum absolute atomic E-state index is 11.9. The number of ether oxygens (including phenoxy) is 1. The Bertz CT molecular complexity index is 435. The van der Waals surface area contributed by atoms with Crippen molar-refractivity contribution in [3.63, 3.8) is 0 Å². The van der Waals surface area contributed by atoms with Gasteiger partial charge in [0.15, 0.2) is 0 Å². The van der Waals surface area contributed by atoms with Crippen LogP contribution in [0, 0.1) is 19.8 Å². The molecular weight excluding hydrogens is 240 g/mol. The molecule has 1 aliphatic heterocycles. The van der Waals surface area contributed by atoms with Crippen molar-refractivity contribution in [2.45, 2.75) is 13.8 Å². The first-order valence-electron chi connectivity index (χ1n) is 6.73. The van der Waals surface area contributed by atoms with Crippen LogP contribution in [0.3, 0.4) is 0 Å². The molecule has 1 saturated heterocycles. The largest absolute Gasteiger partial charge is 0.492 e. The molecule has 0 saturated carbocycles. The van der Waals surface area contributed by atoms with Crippen LogP contribution in [0.2, 0.25) is 0 Å². The van der Waals surface area contributed by atoms with Crippen LogP contribution in [0.5, 0.6) is 5.75 Å². The van der Waals surface area contributed by atoms with Crippen molar-refractivity contribution in [3.8, 4) is 5.75 Å². The van der Waals surface area contributed by atoms with Gasteiger partial charge in [-0.05, 0) is 37.1 Å². The van der Waals surface area contributed by atoms with Crippen LogP contribution in [0.15, 0.2) is 18.2 Å². The second-order valence-electron chi connectivity index (χ2n) is 5.29. The van der Waals surface area contributed by atoms with E-state index in [0.29, 0.717) is 13.2 Å². The van der Waals surface area contributed by atoms with Crippen LogP contribution in [0.1, 0.15) is 11.1 Å². The lowest BCUT2D eigenvalue weighted by atomic mass is 10.0. The molecule has 1 heterocycles. The van der Waals surface area contributed by atoms with Crippen molar-refractivity contribution in [3.05, 3.63) is 29.3 Å². The van der Waals surface area contributed by atoms with Crippen LogP contribution >= 0.6 is 0 Å². The number of nitrogens with zero attached hydrogens (tertiary/aromatic N) is 1. The number of carbonyl (C=O) groups excluding carboxylic acids is 1. The molecule has 4 heteroatoms. The summed E-state index contributed by atoms with van der Waals surface area (Å²) >= 11 is 0. The molecule has 1 aromatic carbocycles. The van der Waals surface area contributed by atoms with Crippen molar-refractivity contribution >= 4 is 5.91 Å². The Morgan fingerprint density at radius 2 is 1.95 bits per heavy atom. The minimum Gasteiger partial charge on any atom is -0.492 e. The number of nitrogens with one attached hydrogen (secondary N) is 1. The lowest BCUT2D eigenvalue weighted by molar-refractivity contribution is -0.136. The van der Waals surface area contributed by atoms with Crippen molar-refractivity contribution < 1.29 is 9.53 Å². The third-order valence-electron chi connectivity index (χ3n) is 3.40. The average molecular weight is 262 g/mol. The van der Waals surface area contributed by atoms with E-state index < -0.39 is 0 Å². The molecule has 0 atom stereocenters. The fraction of sp³-hybridized carbons (Fsp3) is 0.533. The molecule has 19 heavy (non-hydrogen) atoms. The summed E-state index contributed by atoms with van der Waals surface area (Å²) in [6.07, 6.45) is 0. The summed E-state index contributed by atoms with van der Waals surface area (Å²) in [7, 11) is 1.84. The summed E-state index contributed by atoms with van der Waals surface area (Å²) in [5.74, 6) is 1.25. The second kappa shape index (κ2) is 6.06. The second-order valence-corrected chi connectivity index (χ2v) is 5.29. The highest BCUT2D eigenvalue weighted by atomic mass is 16.5. The number of hydrogen-bond acceptors (Lipinski definition) is 3. The van der Waals surface area contributed by atoms with Crippen molar-refractivity contribution in [1.82, 2.24) is 10.2 Å². The number of rotatable bonds is 5. The van der Waals surface area contributed by atoms with Gasteiger partial charge in [0.1, 0.15) is 12.4 Å². The van der Waals surface area contributed by atoms with Gasteiger partial charge in [-0.2, -0.15) is 0 Å². The standard InChI is InChI=1S/C15H22N2O2/c1-11-6-12(2)8-14(7-11)19-5-4-17(3)15(18)13-9-16-10-13/h6-8,13,16H,4-5,9-10H2,1-3H3. The normalized spacial score (nSPS) is 14.9. The Kier molecular flexibility index (Phi) is 4.43. The maximum Gasteiger partial charge on any atom is 0.228 e. The minimum atomic E-state index is 0.159. The Morgan fingerprint density at radius 1 is 1.32 bits per heavy atom. The van der Waals surface area contributed by atoms with Gasteiger partial charge in [0.25, 0.3) is 0 Å². The van der Waals surface area contributed by atoms with Gasteiger partial charge < -0.3 is 15.0 Å². The fourth-order valence-corrected chi connectivity index (χ4v) is 2.20. The monoisotopic (exact) mass is 262 g/mol. The molecule has 0 unspecified atom stereocenters. The molecule has 1 amide bonds. The first-order valence-corrected chi connectivity index (χ1v) is 6.73. The summed E-state index contributed by atoms with van der Waals surface area (Å²) in [5, 5.41) is 3.11. The van der Waals surface area contributed by atoms with Crippen LogP contribution in [0.4, 0.5) is 0 Å². The highest BCUT2D eigenvalue weighted by molar-refractivity contribution is 5.79. The van der Waals surface area contributed by atoms with Crippen LogP contribution in [-0.4, -0.2) is 44.1 Å². The molecule has 4 nitrogen and oxygen atoms in total. The van der Waals surface area contributed by atoms with Gasteiger partial charge in [-0.25, -0.2) is 0 Å². The summed E-state index contributed by atoms with van der Waals surface area (Å²) < 4.78 is 5.71. The van der Waals surface area contributed by atoms with E-state index in [1.165, 1.54) is 11.1 Å².